The highest BCUT2D eigenvalue weighted by Gasteiger charge is 2.36. The van der Waals surface area contributed by atoms with Gasteiger partial charge in [0, 0.05) is 17.8 Å². The van der Waals surface area contributed by atoms with Crippen LogP contribution >= 0.6 is 0 Å². The Balaban J connectivity index is 1.46. The van der Waals surface area contributed by atoms with Gasteiger partial charge in [-0.25, -0.2) is 4.68 Å². The van der Waals surface area contributed by atoms with Crippen molar-refractivity contribution in [3.05, 3.63) is 66.2 Å². The van der Waals surface area contributed by atoms with Crippen molar-refractivity contribution in [1.29, 1.82) is 0 Å². The third-order valence-corrected chi connectivity index (χ3v) is 7.96. The minimum atomic E-state index is -1.04. The van der Waals surface area contributed by atoms with Crippen LogP contribution in [0.4, 0.5) is 5.69 Å². The molecule has 4 aromatic rings. The van der Waals surface area contributed by atoms with Crippen LogP contribution in [0.2, 0.25) is 0 Å². The van der Waals surface area contributed by atoms with E-state index in [1.165, 1.54) is 12.0 Å². The molecule has 0 unspecified atom stereocenters. The van der Waals surface area contributed by atoms with Gasteiger partial charge in [-0.15, -0.1) is 5.10 Å². The highest BCUT2D eigenvalue weighted by Crippen LogP contribution is 2.39. The van der Waals surface area contributed by atoms with Crippen LogP contribution < -0.4 is 29.2 Å². The number of benzene rings is 3. The first kappa shape index (κ1) is 28.3. The lowest BCUT2D eigenvalue weighted by Gasteiger charge is -2.34. The number of methoxy groups -OCH3 is 2. The van der Waals surface area contributed by atoms with E-state index >= 15 is 0 Å². The molecule has 1 N–H and O–H groups in total. The molecule has 2 aliphatic rings. The van der Waals surface area contributed by atoms with Gasteiger partial charge in [-0.05, 0) is 54.8 Å². The van der Waals surface area contributed by atoms with Crippen molar-refractivity contribution in [2.24, 2.45) is 0 Å². The van der Waals surface area contributed by atoms with Crippen molar-refractivity contribution < 1.29 is 28.5 Å². The summed E-state index contributed by atoms with van der Waals surface area (Å²) in [4.78, 5) is 30.3. The summed E-state index contributed by atoms with van der Waals surface area (Å²) >= 11 is 0. The summed E-state index contributed by atoms with van der Waals surface area (Å²) in [6.07, 6.45) is 5.05. The van der Waals surface area contributed by atoms with E-state index < -0.39 is 6.04 Å². The van der Waals surface area contributed by atoms with E-state index in [2.05, 4.69) is 15.6 Å². The lowest BCUT2D eigenvalue weighted by molar-refractivity contribution is -0.127. The second kappa shape index (κ2) is 12.6. The number of ether oxygens (including phenoxy) is 4. The molecule has 224 valence electrons. The molecule has 0 spiro atoms. The fourth-order valence-electron chi connectivity index (χ4n) is 5.83. The zero-order chi connectivity index (χ0) is 29.8. The van der Waals surface area contributed by atoms with Gasteiger partial charge in [-0.1, -0.05) is 42.7 Å². The van der Waals surface area contributed by atoms with Gasteiger partial charge in [0.25, 0.3) is 0 Å². The zero-order valence-corrected chi connectivity index (χ0v) is 24.3. The maximum absolute atomic E-state index is 14.4. The normalized spacial score (nSPS) is 15.5. The molecule has 1 atom stereocenters. The van der Waals surface area contributed by atoms with Crippen LogP contribution in [0.1, 0.15) is 43.7 Å². The van der Waals surface area contributed by atoms with Crippen LogP contribution in [-0.2, 0) is 16.1 Å². The Morgan fingerprint density at radius 1 is 0.953 bits per heavy atom. The van der Waals surface area contributed by atoms with Gasteiger partial charge in [-0.3, -0.25) is 14.5 Å². The average molecular weight is 586 g/mol. The Hall–Kier alpha value is -4.80. The van der Waals surface area contributed by atoms with Crippen molar-refractivity contribution >= 4 is 28.5 Å². The Bertz CT molecular complexity index is 1620. The number of anilines is 1. The van der Waals surface area contributed by atoms with Crippen molar-refractivity contribution in [1.82, 2.24) is 20.3 Å². The van der Waals surface area contributed by atoms with Gasteiger partial charge < -0.3 is 24.3 Å². The van der Waals surface area contributed by atoms with Gasteiger partial charge in [0.1, 0.15) is 31.3 Å². The minimum Gasteiger partial charge on any atom is -0.493 e. The molecule has 43 heavy (non-hydrogen) atoms. The van der Waals surface area contributed by atoms with Gasteiger partial charge in [-0.2, -0.15) is 0 Å². The number of carbonyl (C=O) groups is 2. The lowest BCUT2D eigenvalue weighted by Crippen LogP contribution is -2.48. The summed E-state index contributed by atoms with van der Waals surface area (Å²) in [5, 5.41) is 11.7. The maximum Gasteiger partial charge on any atom is 0.249 e. The first-order valence-corrected chi connectivity index (χ1v) is 14.6. The van der Waals surface area contributed by atoms with Crippen LogP contribution in [0.15, 0.2) is 60.7 Å². The smallest absolute Gasteiger partial charge is 0.249 e. The largest absolute Gasteiger partial charge is 0.493 e. The number of hydrogen-bond acceptors (Lipinski definition) is 8. The van der Waals surface area contributed by atoms with Crippen LogP contribution in [0, 0.1) is 0 Å². The number of nitrogens with one attached hydrogen (secondary N) is 1. The number of rotatable bonds is 9. The molecule has 6 rings (SSSR count). The third kappa shape index (κ3) is 5.93. The zero-order valence-electron chi connectivity index (χ0n) is 24.3. The second-order valence-corrected chi connectivity index (χ2v) is 10.7. The Kier molecular flexibility index (Phi) is 8.30. The maximum atomic E-state index is 14.4. The van der Waals surface area contributed by atoms with Gasteiger partial charge in [0.2, 0.25) is 11.8 Å². The standard InChI is InChI=1S/C32H35N5O6/c1-40-26-14-12-21(18-28(26)41-2)31(32(39)33-22-8-4-3-5-9-22)37(23-13-15-27-29(19-23)43-17-16-42-27)30(38)20-36-25-11-7-6-10-24(25)34-35-36/h6-7,10-15,18-19,22,31H,3-5,8-9,16-17,20H2,1-2H3,(H,33,39)/t31-/m0/s1. The molecule has 3 aromatic carbocycles. The Morgan fingerprint density at radius 3 is 2.51 bits per heavy atom. The molecule has 1 fully saturated rings. The average Bonchev–Trinajstić information content (AvgIpc) is 3.45. The van der Waals surface area contributed by atoms with E-state index in [1.54, 1.807) is 48.2 Å². The Labute approximate surface area is 249 Å². The number of hydrogen-bond donors (Lipinski definition) is 1. The van der Waals surface area contributed by atoms with Crippen molar-refractivity contribution in [2.75, 3.05) is 32.3 Å². The summed E-state index contributed by atoms with van der Waals surface area (Å²) in [5.74, 6) is 1.42. The van der Waals surface area contributed by atoms with E-state index in [0.717, 1.165) is 32.1 Å². The fraction of sp³-hybridized carbons (Fsp3) is 0.375. The summed E-state index contributed by atoms with van der Waals surface area (Å²) in [6.45, 7) is 0.679. The molecular formula is C32H35N5O6. The molecule has 2 heterocycles. The fourth-order valence-corrected chi connectivity index (χ4v) is 5.83. The first-order valence-electron chi connectivity index (χ1n) is 14.6. The van der Waals surface area contributed by atoms with E-state index in [4.69, 9.17) is 18.9 Å². The lowest BCUT2D eigenvalue weighted by atomic mass is 9.94. The summed E-state index contributed by atoms with van der Waals surface area (Å²) in [7, 11) is 3.09. The highest BCUT2D eigenvalue weighted by molar-refractivity contribution is 6.02. The van der Waals surface area contributed by atoms with Crippen LogP contribution in [0.5, 0.6) is 23.0 Å². The predicted molar refractivity (Wildman–Crippen MR) is 160 cm³/mol. The van der Waals surface area contributed by atoms with E-state index in [1.807, 2.05) is 24.3 Å². The molecule has 11 nitrogen and oxygen atoms in total. The number of amides is 2. The number of fused-ring (bicyclic) bond motifs is 2. The summed E-state index contributed by atoms with van der Waals surface area (Å²) in [5.41, 5.74) is 2.44. The summed E-state index contributed by atoms with van der Waals surface area (Å²) < 4.78 is 24.2. The van der Waals surface area contributed by atoms with Crippen molar-refractivity contribution in [3.8, 4) is 23.0 Å². The summed E-state index contributed by atoms with van der Waals surface area (Å²) in [6, 6.07) is 17.0. The van der Waals surface area contributed by atoms with Gasteiger partial charge in [0.05, 0.1) is 19.7 Å². The van der Waals surface area contributed by atoms with E-state index in [0.29, 0.717) is 58.5 Å². The molecule has 0 bridgehead atoms. The topological polar surface area (TPSA) is 117 Å². The molecule has 1 saturated carbocycles. The molecule has 1 aliphatic carbocycles. The van der Waals surface area contributed by atoms with Gasteiger partial charge >= 0.3 is 0 Å². The molecule has 2 amide bonds. The molecule has 11 heteroatoms. The molecule has 1 aromatic heterocycles. The quantitative estimate of drug-likeness (QED) is 0.306. The predicted octanol–water partition coefficient (Wildman–Crippen LogP) is 4.44. The highest BCUT2D eigenvalue weighted by atomic mass is 16.6. The molecule has 1 aliphatic heterocycles. The van der Waals surface area contributed by atoms with Crippen molar-refractivity contribution in [2.45, 2.75) is 50.7 Å². The number of nitrogens with zero attached hydrogens (tertiary/aromatic N) is 4. The second-order valence-electron chi connectivity index (χ2n) is 10.7. The monoisotopic (exact) mass is 585 g/mol. The Morgan fingerprint density at radius 2 is 1.72 bits per heavy atom. The molecule has 0 radical (unpaired) electrons. The van der Waals surface area contributed by atoms with Crippen molar-refractivity contribution in [3.63, 3.8) is 0 Å². The molecule has 0 saturated heterocycles. The number of aromatic nitrogens is 3. The number of para-hydroxylation sites is 1. The van der Waals surface area contributed by atoms with E-state index in [9.17, 15) is 9.59 Å². The first-order chi connectivity index (χ1) is 21.1. The minimum absolute atomic E-state index is 0.0281. The SMILES string of the molecule is COc1ccc([C@@H](C(=O)NC2CCCCC2)N(C(=O)Cn2nnc3ccccc32)c2ccc3c(c2)OCCO3)cc1OC. The van der Waals surface area contributed by atoms with Gasteiger partial charge in [0.15, 0.2) is 23.0 Å². The van der Waals surface area contributed by atoms with Crippen LogP contribution in [0.25, 0.3) is 11.0 Å². The number of carbonyl (C=O) groups excluding carboxylic acids is 2. The van der Waals surface area contributed by atoms with Crippen LogP contribution in [-0.4, -0.2) is 60.3 Å². The molecular weight excluding hydrogens is 550 g/mol. The van der Waals surface area contributed by atoms with E-state index in [-0.39, 0.29) is 24.4 Å². The third-order valence-electron chi connectivity index (χ3n) is 7.96. The van der Waals surface area contributed by atoms with Crippen LogP contribution in [0.3, 0.4) is 0 Å².